The van der Waals surface area contributed by atoms with E-state index < -0.39 is 11.7 Å². The van der Waals surface area contributed by atoms with Gasteiger partial charge in [0.15, 0.2) is 5.75 Å². The average Bonchev–Trinajstić information content (AvgIpc) is 3.32. The predicted octanol–water partition coefficient (Wildman–Crippen LogP) is 3.53. The Bertz CT molecular complexity index is 834. The minimum Gasteiger partial charge on any atom is -0.487 e. The monoisotopic (exact) mass is 363 g/mol. The van der Waals surface area contributed by atoms with Crippen LogP contribution in [0.15, 0.2) is 18.3 Å². The van der Waals surface area contributed by atoms with Gasteiger partial charge in [0.05, 0.1) is 18.0 Å². The lowest BCUT2D eigenvalue weighted by Gasteiger charge is -2.15. The van der Waals surface area contributed by atoms with Gasteiger partial charge < -0.3 is 15.4 Å². The van der Waals surface area contributed by atoms with Gasteiger partial charge in [0.1, 0.15) is 11.6 Å². The van der Waals surface area contributed by atoms with E-state index >= 15 is 0 Å². The number of halogens is 2. The molecule has 7 nitrogen and oxygen atoms in total. The zero-order valence-corrected chi connectivity index (χ0v) is 14.6. The molecule has 2 N–H and O–H groups in total. The molecule has 0 radical (unpaired) electrons. The van der Waals surface area contributed by atoms with E-state index in [1.807, 2.05) is 0 Å². The fourth-order valence-corrected chi connectivity index (χ4v) is 2.22. The standard InChI is InChI=1S/C17H19F2N5O2/c1-9-6-15(24-16(21-9)17(3,18)19)23-12-7-14(22-10(2)25)20-8-13(12)26-11-4-5-11/h6-8,11H,4-5H2,1-3H3,(H2,20,21,22,23,24,25). The van der Waals surface area contributed by atoms with E-state index in [9.17, 15) is 13.6 Å². The molecule has 0 aromatic carbocycles. The number of hydrogen-bond donors (Lipinski definition) is 2. The SMILES string of the molecule is CC(=O)Nc1cc(Nc2cc(C)nc(C(C)(F)F)n2)c(OC2CC2)cn1. The summed E-state index contributed by atoms with van der Waals surface area (Å²) in [5, 5.41) is 5.55. The second-order valence-electron chi connectivity index (χ2n) is 6.30. The molecular weight excluding hydrogens is 344 g/mol. The number of ether oxygens (including phenoxy) is 1. The Balaban J connectivity index is 1.94. The Hall–Kier alpha value is -2.84. The summed E-state index contributed by atoms with van der Waals surface area (Å²) in [7, 11) is 0. The summed E-state index contributed by atoms with van der Waals surface area (Å²) in [6, 6.07) is 3.12. The van der Waals surface area contributed by atoms with Crippen LogP contribution in [0.1, 0.15) is 38.2 Å². The van der Waals surface area contributed by atoms with Crippen molar-refractivity contribution in [2.24, 2.45) is 0 Å². The number of rotatable bonds is 6. The van der Waals surface area contributed by atoms with Crippen LogP contribution in [0.5, 0.6) is 5.75 Å². The van der Waals surface area contributed by atoms with E-state index in [0.29, 0.717) is 22.9 Å². The molecule has 1 amide bonds. The Morgan fingerprint density at radius 1 is 1.27 bits per heavy atom. The first-order valence-electron chi connectivity index (χ1n) is 8.16. The molecule has 0 saturated heterocycles. The third-order valence-electron chi connectivity index (χ3n) is 3.50. The van der Waals surface area contributed by atoms with Crippen LogP contribution in [0, 0.1) is 6.92 Å². The van der Waals surface area contributed by atoms with Crippen molar-refractivity contribution >= 4 is 23.2 Å². The number of aryl methyl sites for hydroxylation is 1. The van der Waals surface area contributed by atoms with Crippen LogP contribution in [0.3, 0.4) is 0 Å². The topological polar surface area (TPSA) is 89.0 Å². The number of aromatic nitrogens is 3. The van der Waals surface area contributed by atoms with E-state index in [0.717, 1.165) is 19.8 Å². The van der Waals surface area contributed by atoms with Gasteiger partial charge in [0, 0.05) is 31.7 Å². The summed E-state index contributed by atoms with van der Waals surface area (Å²) in [5.41, 5.74) is 0.874. The fraction of sp³-hybridized carbons (Fsp3) is 0.412. The molecule has 2 heterocycles. The van der Waals surface area contributed by atoms with Gasteiger partial charge in [-0.15, -0.1) is 0 Å². The number of hydrogen-bond acceptors (Lipinski definition) is 6. The highest BCUT2D eigenvalue weighted by Crippen LogP contribution is 2.34. The largest absolute Gasteiger partial charge is 0.487 e. The zero-order valence-electron chi connectivity index (χ0n) is 14.6. The van der Waals surface area contributed by atoms with E-state index in [-0.39, 0.29) is 17.8 Å². The average molecular weight is 363 g/mol. The van der Waals surface area contributed by atoms with Crippen LogP contribution in [-0.2, 0) is 10.7 Å². The number of anilines is 3. The number of carbonyl (C=O) groups excluding carboxylic acids is 1. The summed E-state index contributed by atoms with van der Waals surface area (Å²) < 4.78 is 33.0. The highest BCUT2D eigenvalue weighted by Gasteiger charge is 2.29. The minimum atomic E-state index is -3.16. The second-order valence-corrected chi connectivity index (χ2v) is 6.30. The lowest BCUT2D eigenvalue weighted by molar-refractivity contribution is -0.114. The lowest BCUT2D eigenvalue weighted by atomic mass is 10.3. The van der Waals surface area contributed by atoms with Crippen LogP contribution in [0.25, 0.3) is 0 Å². The molecule has 9 heteroatoms. The Morgan fingerprint density at radius 3 is 2.62 bits per heavy atom. The fourth-order valence-electron chi connectivity index (χ4n) is 2.22. The molecule has 1 aliphatic carbocycles. The Kier molecular flexibility index (Phi) is 4.71. The number of amides is 1. The van der Waals surface area contributed by atoms with Crippen molar-refractivity contribution < 1.29 is 18.3 Å². The van der Waals surface area contributed by atoms with Gasteiger partial charge in [0.2, 0.25) is 11.7 Å². The first kappa shape index (κ1) is 18.0. The molecule has 138 valence electrons. The first-order chi connectivity index (χ1) is 12.2. The third-order valence-corrected chi connectivity index (χ3v) is 3.50. The van der Waals surface area contributed by atoms with Gasteiger partial charge in [-0.1, -0.05) is 0 Å². The molecule has 26 heavy (non-hydrogen) atoms. The number of carbonyl (C=O) groups is 1. The molecule has 0 bridgehead atoms. The molecule has 0 spiro atoms. The van der Waals surface area contributed by atoms with Gasteiger partial charge in [-0.3, -0.25) is 4.79 Å². The van der Waals surface area contributed by atoms with Crippen molar-refractivity contribution in [1.29, 1.82) is 0 Å². The minimum absolute atomic E-state index is 0.117. The molecule has 0 atom stereocenters. The van der Waals surface area contributed by atoms with Crippen LogP contribution in [0.2, 0.25) is 0 Å². The number of alkyl halides is 2. The Morgan fingerprint density at radius 2 is 2.00 bits per heavy atom. The highest BCUT2D eigenvalue weighted by molar-refractivity contribution is 5.88. The quantitative estimate of drug-likeness (QED) is 0.816. The summed E-state index contributed by atoms with van der Waals surface area (Å²) in [4.78, 5) is 23.0. The van der Waals surface area contributed by atoms with Crippen LogP contribution in [0.4, 0.5) is 26.1 Å². The Labute approximate surface area is 149 Å². The molecule has 3 rings (SSSR count). The van der Waals surface area contributed by atoms with E-state index in [2.05, 4.69) is 25.6 Å². The van der Waals surface area contributed by atoms with E-state index in [4.69, 9.17) is 4.74 Å². The lowest BCUT2D eigenvalue weighted by Crippen LogP contribution is -2.15. The zero-order chi connectivity index (χ0) is 18.9. The summed E-state index contributed by atoms with van der Waals surface area (Å²) in [5.74, 6) is -3.02. The molecule has 0 unspecified atom stereocenters. The smallest absolute Gasteiger partial charge is 0.303 e. The van der Waals surface area contributed by atoms with Gasteiger partial charge >= 0.3 is 5.92 Å². The molecule has 1 fully saturated rings. The van der Waals surface area contributed by atoms with Gasteiger partial charge in [0.25, 0.3) is 0 Å². The summed E-state index contributed by atoms with van der Waals surface area (Å²) in [6.45, 7) is 3.72. The number of pyridine rings is 1. The molecule has 2 aromatic heterocycles. The van der Waals surface area contributed by atoms with Gasteiger partial charge in [-0.25, -0.2) is 15.0 Å². The first-order valence-corrected chi connectivity index (χ1v) is 8.16. The molecule has 2 aromatic rings. The number of nitrogens with zero attached hydrogens (tertiary/aromatic N) is 3. The predicted molar refractivity (Wildman–Crippen MR) is 91.8 cm³/mol. The maximum Gasteiger partial charge on any atom is 0.303 e. The van der Waals surface area contributed by atoms with Crippen molar-refractivity contribution in [2.75, 3.05) is 10.6 Å². The maximum absolute atomic E-state index is 13.6. The van der Waals surface area contributed by atoms with Crippen LogP contribution < -0.4 is 15.4 Å². The second kappa shape index (κ2) is 6.81. The summed E-state index contributed by atoms with van der Waals surface area (Å²) in [6.07, 6.45) is 3.50. The number of nitrogens with one attached hydrogen (secondary N) is 2. The van der Waals surface area contributed by atoms with Crippen molar-refractivity contribution in [3.63, 3.8) is 0 Å². The van der Waals surface area contributed by atoms with Crippen molar-refractivity contribution in [3.8, 4) is 5.75 Å². The molecule has 0 aliphatic heterocycles. The van der Waals surface area contributed by atoms with E-state index in [1.165, 1.54) is 13.1 Å². The molecule has 1 aliphatic rings. The van der Waals surface area contributed by atoms with Crippen molar-refractivity contribution in [1.82, 2.24) is 15.0 Å². The molecule has 1 saturated carbocycles. The van der Waals surface area contributed by atoms with Crippen molar-refractivity contribution in [2.45, 2.75) is 45.6 Å². The van der Waals surface area contributed by atoms with Gasteiger partial charge in [-0.2, -0.15) is 8.78 Å². The summed E-state index contributed by atoms with van der Waals surface area (Å²) >= 11 is 0. The molecular formula is C17H19F2N5O2. The highest BCUT2D eigenvalue weighted by atomic mass is 19.3. The van der Waals surface area contributed by atoms with Crippen molar-refractivity contribution in [3.05, 3.63) is 29.8 Å². The maximum atomic E-state index is 13.6. The van der Waals surface area contributed by atoms with Crippen LogP contribution in [-0.4, -0.2) is 27.0 Å². The van der Waals surface area contributed by atoms with Crippen LogP contribution >= 0.6 is 0 Å². The third kappa shape index (κ3) is 4.62. The van der Waals surface area contributed by atoms with Gasteiger partial charge in [-0.05, 0) is 19.8 Å². The van der Waals surface area contributed by atoms with E-state index in [1.54, 1.807) is 19.1 Å². The normalized spacial score (nSPS) is 14.0.